The number of hydrogen-bond acceptors (Lipinski definition) is 3. The number of rotatable bonds is 6. The zero-order valence-electron chi connectivity index (χ0n) is 11.1. The van der Waals surface area contributed by atoms with Crippen LogP contribution in [0.4, 0.5) is 13.2 Å². The van der Waals surface area contributed by atoms with Crippen LogP contribution in [0.15, 0.2) is 24.3 Å². The molecule has 0 aromatic heterocycles. The van der Waals surface area contributed by atoms with Crippen molar-refractivity contribution in [3.8, 4) is 5.75 Å². The van der Waals surface area contributed by atoms with Crippen LogP contribution in [0.3, 0.4) is 0 Å². The molecule has 2 N–H and O–H groups in total. The van der Waals surface area contributed by atoms with Crippen molar-refractivity contribution >= 4 is 11.9 Å². The van der Waals surface area contributed by atoms with Crippen LogP contribution in [0, 0.1) is 0 Å². The first kappa shape index (κ1) is 16.8. The Morgan fingerprint density at radius 3 is 2.29 bits per heavy atom. The molecular formula is C13H14F3NO4. The van der Waals surface area contributed by atoms with Gasteiger partial charge in [0.15, 0.2) is 0 Å². The van der Waals surface area contributed by atoms with Gasteiger partial charge >= 0.3 is 18.1 Å². The number of halogens is 3. The van der Waals surface area contributed by atoms with Gasteiger partial charge in [-0.3, -0.25) is 4.79 Å². The Hall–Kier alpha value is -2.25. The molecule has 0 saturated heterocycles. The molecule has 0 fully saturated rings. The Morgan fingerprint density at radius 1 is 1.29 bits per heavy atom. The third kappa shape index (κ3) is 5.33. The van der Waals surface area contributed by atoms with E-state index in [4.69, 9.17) is 9.84 Å². The molecule has 0 aliphatic carbocycles. The third-order valence-corrected chi connectivity index (χ3v) is 2.74. The molecule has 0 radical (unpaired) electrons. The molecule has 0 saturated carbocycles. The molecule has 1 atom stereocenters. The zero-order chi connectivity index (χ0) is 16.0. The number of amides is 1. The maximum absolute atomic E-state index is 12.1. The lowest BCUT2D eigenvalue weighted by Gasteiger charge is -2.15. The first-order valence-electron chi connectivity index (χ1n) is 5.97. The van der Waals surface area contributed by atoms with E-state index >= 15 is 0 Å². The minimum Gasteiger partial charge on any atom is -0.497 e. The molecule has 0 heterocycles. The number of hydrogen-bond donors (Lipinski definition) is 2. The van der Waals surface area contributed by atoms with Crippen LogP contribution in [0.2, 0.25) is 0 Å². The summed E-state index contributed by atoms with van der Waals surface area (Å²) in [7, 11) is 1.49. The van der Waals surface area contributed by atoms with Gasteiger partial charge in [0.25, 0.3) is 0 Å². The number of methoxy groups -OCH3 is 1. The molecule has 1 unspecified atom stereocenters. The van der Waals surface area contributed by atoms with Crippen molar-refractivity contribution in [1.29, 1.82) is 0 Å². The van der Waals surface area contributed by atoms with Crippen molar-refractivity contribution in [1.82, 2.24) is 5.32 Å². The summed E-state index contributed by atoms with van der Waals surface area (Å²) >= 11 is 0. The second-order valence-corrected chi connectivity index (χ2v) is 4.25. The van der Waals surface area contributed by atoms with Crippen molar-refractivity contribution in [2.75, 3.05) is 7.11 Å². The van der Waals surface area contributed by atoms with Gasteiger partial charge in [0.2, 0.25) is 0 Å². The highest BCUT2D eigenvalue weighted by molar-refractivity contribution is 5.86. The van der Waals surface area contributed by atoms with E-state index in [1.165, 1.54) is 12.4 Å². The van der Waals surface area contributed by atoms with Crippen LogP contribution in [0.5, 0.6) is 5.75 Å². The lowest BCUT2D eigenvalue weighted by Crippen LogP contribution is -2.47. The van der Waals surface area contributed by atoms with Gasteiger partial charge in [0.05, 0.1) is 7.11 Å². The van der Waals surface area contributed by atoms with Crippen LogP contribution in [-0.2, 0) is 16.0 Å². The van der Waals surface area contributed by atoms with Gasteiger partial charge in [0.1, 0.15) is 11.8 Å². The van der Waals surface area contributed by atoms with Gasteiger partial charge in [-0.15, -0.1) is 0 Å². The van der Waals surface area contributed by atoms with Gasteiger partial charge in [-0.25, -0.2) is 4.79 Å². The number of carboxylic acid groups (broad SMARTS) is 1. The summed E-state index contributed by atoms with van der Waals surface area (Å²) < 4.78 is 41.2. The summed E-state index contributed by atoms with van der Waals surface area (Å²) in [4.78, 5) is 21.6. The Morgan fingerprint density at radius 2 is 1.86 bits per heavy atom. The number of carboxylic acids is 1. The van der Waals surface area contributed by atoms with Gasteiger partial charge < -0.3 is 15.2 Å². The number of carbonyl (C=O) groups is 2. The van der Waals surface area contributed by atoms with Crippen molar-refractivity contribution < 1.29 is 32.6 Å². The number of ether oxygens (including phenoxy) is 1. The average Bonchev–Trinajstić information content (AvgIpc) is 2.42. The van der Waals surface area contributed by atoms with Gasteiger partial charge in [-0.05, 0) is 30.5 Å². The SMILES string of the molecule is COc1ccc(CCC(NC(=O)C(F)(F)F)C(=O)O)cc1. The molecule has 0 aliphatic heterocycles. The summed E-state index contributed by atoms with van der Waals surface area (Å²) in [6, 6.07) is 5.05. The molecular weight excluding hydrogens is 291 g/mol. The number of benzene rings is 1. The summed E-state index contributed by atoms with van der Waals surface area (Å²) in [5.74, 6) is -3.16. The molecule has 1 aromatic carbocycles. The predicted molar refractivity (Wildman–Crippen MR) is 66.9 cm³/mol. The molecule has 1 amide bonds. The van der Waals surface area contributed by atoms with Crippen LogP contribution < -0.4 is 10.1 Å². The minimum absolute atomic E-state index is 0.149. The summed E-state index contributed by atoms with van der Waals surface area (Å²) in [6.45, 7) is 0. The van der Waals surface area contributed by atoms with Crippen LogP contribution >= 0.6 is 0 Å². The minimum atomic E-state index is -5.10. The highest BCUT2D eigenvalue weighted by atomic mass is 19.4. The van der Waals surface area contributed by atoms with Crippen molar-refractivity contribution in [3.63, 3.8) is 0 Å². The van der Waals surface area contributed by atoms with E-state index in [0.717, 1.165) is 5.56 Å². The molecule has 21 heavy (non-hydrogen) atoms. The van der Waals surface area contributed by atoms with E-state index in [9.17, 15) is 22.8 Å². The first-order chi connectivity index (χ1) is 9.74. The zero-order valence-corrected chi connectivity index (χ0v) is 11.1. The Balaban J connectivity index is 2.62. The van der Waals surface area contributed by atoms with Crippen molar-refractivity contribution in [3.05, 3.63) is 29.8 Å². The van der Waals surface area contributed by atoms with Gasteiger partial charge in [0, 0.05) is 0 Å². The first-order valence-corrected chi connectivity index (χ1v) is 5.97. The lowest BCUT2D eigenvalue weighted by atomic mass is 10.0. The highest BCUT2D eigenvalue weighted by Gasteiger charge is 2.40. The molecule has 116 valence electrons. The van der Waals surface area contributed by atoms with E-state index in [0.29, 0.717) is 5.75 Å². The van der Waals surface area contributed by atoms with Gasteiger partial charge in [-0.2, -0.15) is 13.2 Å². The maximum Gasteiger partial charge on any atom is 0.471 e. The standard InChI is InChI=1S/C13H14F3NO4/c1-21-9-5-2-8(3-6-9)4-7-10(11(18)19)17-12(20)13(14,15)16/h2-3,5-6,10H,4,7H2,1H3,(H,17,20)(H,18,19). The monoisotopic (exact) mass is 305 g/mol. The molecule has 0 aliphatic rings. The number of aryl methyl sites for hydroxylation is 1. The summed E-state index contributed by atoms with van der Waals surface area (Å²) in [6.07, 6.45) is -5.05. The number of aliphatic carboxylic acids is 1. The van der Waals surface area contributed by atoms with Crippen LogP contribution in [0.1, 0.15) is 12.0 Å². The lowest BCUT2D eigenvalue weighted by molar-refractivity contribution is -0.175. The quantitative estimate of drug-likeness (QED) is 0.839. The molecule has 1 aromatic rings. The normalized spacial score (nSPS) is 12.6. The Bertz CT molecular complexity index is 499. The fourth-order valence-corrected chi connectivity index (χ4v) is 1.60. The third-order valence-electron chi connectivity index (χ3n) is 2.74. The molecule has 1 rings (SSSR count). The second-order valence-electron chi connectivity index (χ2n) is 4.25. The van der Waals surface area contributed by atoms with Gasteiger partial charge in [-0.1, -0.05) is 12.1 Å². The highest BCUT2D eigenvalue weighted by Crippen LogP contribution is 2.16. The van der Waals surface area contributed by atoms with Crippen LogP contribution in [-0.4, -0.2) is 36.3 Å². The number of carbonyl (C=O) groups excluding carboxylic acids is 1. The second kappa shape index (κ2) is 6.96. The topological polar surface area (TPSA) is 75.6 Å². The molecule has 8 heteroatoms. The summed E-state index contributed by atoms with van der Waals surface area (Å²) in [5.41, 5.74) is 0.725. The average molecular weight is 305 g/mol. The van der Waals surface area contributed by atoms with Crippen LogP contribution in [0.25, 0.3) is 0 Å². The Labute approximate surface area is 118 Å². The van der Waals surface area contributed by atoms with Crippen molar-refractivity contribution in [2.45, 2.75) is 25.1 Å². The molecule has 0 spiro atoms. The fourth-order valence-electron chi connectivity index (χ4n) is 1.60. The largest absolute Gasteiger partial charge is 0.497 e. The van der Waals surface area contributed by atoms with Crippen molar-refractivity contribution in [2.24, 2.45) is 0 Å². The van der Waals surface area contributed by atoms with E-state index in [-0.39, 0.29) is 12.8 Å². The number of nitrogens with one attached hydrogen (secondary N) is 1. The summed E-state index contributed by atoms with van der Waals surface area (Å²) in [5, 5.41) is 10.3. The molecule has 5 nitrogen and oxygen atoms in total. The Kier molecular flexibility index (Phi) is 5.57. The van der Waals surface area contributed by atoms with E-state index < -0.39 is 24.1 Å². The maximum atomic E-state index is 12.1. The molecule has 0 bridgehead atoms. The van der Waals surface area contributed by atoms with E-state index in [2.05, 4.69) is 0 Å². The van der Waals surface area contributed by atoms with E-state index in [1.54, 1.807) is 24.3 Å². The smallest absolute Gasteiger partial charge is 0.471 e. The fraction of sp³-hybridized carbons (Fsp3) is 0.385. The van der Waals surface area contributed by atoms with E-state index in [1.807, 2.05) is 0 Å². The number of alkyl halides is 3. The predicted octanol–water partition coefficient (Wildman–Crippen LogP) is 1.76.